The molecule has 192 valence electrons. The van der Waals surface area contributed by atoms with E-state index in [-0.39, 0.29) is 11.8 Å². The fourth-order valence-electron chi connectivity index (χ4n) is 4.92. The summed E-state index contributed by atoms with van der Waals surface area (Å²) in [5.41, 5.74) is 4.18. The number of halogens is 4. The molecule has 4 aromatic rings. The summed E-state index contributed by atoms with van der Waals surface area (Å²) in [5.74, 6) is 0.0349. The highest BCUT2D eigenvalue weighted by molar-refractivity contribution is 6.30. The van der Waals surface area contributed by atoms with Gasteiger partial charge in [0, 0.05) is 31.5 Å². The van der Waals surface area contributed by atoms with E-state index < -0.39 is 11.7 Å². The number of hydrogen-bond acceptors (Lipinski definition) is 3. The van der Waals surface area contributed by atoms with Crippen molar-refractivity contribution >= 4 is 28.8 Å². The number of aryl methyl sites for hydroxylation is 1. The van der Waals surface area contributed by atoms with Gasteiger partial charge in [0.2, 0.25) is 0 Å². The van der Waals surface area contributed by atoms with Crippen LogP contribution in [0.3, 0.4) is 0 Å². The number of nitrogens with zero attached hydrogens (tertiary/aromatic N) is 3. The van der Waals surface area contributed by atoms with E-state index in [0.29, 0.717) is 28.6 Å². The summed E-state index contributed by atoms with van der Waals surface area (Å²) in [6, 6.07) is 17.1. The number of nitrogens with one attached hydrogen (secondary N) is 1. The first-order valence-electron chi connectivity index (χ1n) is 12.1. The van der Waals surface area contributed by atoms with Crippen LogP contribution in [0.25, 0.3) is 5.65 Å². The minimum Gasteiger partial charge on any atom is -0.371 e. The molecule has 1 fully saturated rings. The molecule has 37 heavy (non-hydrogen) atoms. The lowest BCUT2D eigenvalue weighted by atomic mass is 9.88. The van der Waals surface area contributed by atoms with Crippen molar-refractivity contribution in [2.24, 2.45) is 0 Å². The number of anilines is 1. The first kappa shape index (κ1) is 25.1. The Morgan fingerprint density at radius 1 is 1.03 bits per heavy atom. The second-order valence-electron chi connectivity index (χ2n) is 9.35. The van der Waals surface area contributed by atoms with Crippen molar-refractivity contribution in [3.8, 4) is 0 Å². The minimum absolute atomic E-state index is 0.221. The van der Waals surface area contributed by atoms with Crippen LogP contribution in [0, 0.1) is 6.92 Å². The highest BCUT2D eigenvalue weighted by Crippen LogP contribution is 2.34. The third kappa shape index (κ3) is 5.44. The van der Waals surface area contributed by atoms with Crippen molar-refractivity contribution in [3.63, 3.8) is 0 Å². The minimum atomic E-state index is -4.31. The Kier molecular flexibility index (Phi) is 6.86. The average molecular weight is 527 g/mol. The van der Waals surface area contributed by atoms with E-state index in [1.165, 1.54) is 12.1 Å². The smallest absolute Gasteiger partial charge is 0.371 e. The second kappa shape index (κ2) is 10.1. The molecule has 0 bridgehead atoms. The predicted molar refractivity (Wildman–Crippen MR) is 138 cm³/mol. The van der Waals surface area contributed by atoms with Gasteiger partial charge in [-0.05, 0) is 73.2 Å². The Labute approximate surface area is 217 Å². The first-order chi connectivity index (χ1) is 17.7. The van der Waals surface area contributed by atoms with Crippen LogP contribution in [0.5, 0.6) is 0 Å². The van der Waals surface area contributed by atoms with Crippen LogP contribution < -0.4 is 10.2 Å². The molecule has 0 radical (unpaired) electrons. The summed E-state index contributed by atoms with van der Waals surface area (Å²) < 4.78 is 40.2. The van der Waals surface area contributed by atoms with Gasteiger partial charge in [-0.3, -0.25) is 9.20 Å². The van der Waals surface area contributed by atoms with E-state index in [9.17, 15) is 18.0 Å². The summed E-state index contributed by atoms with van der Waals surface area (Å²) in [4.78, 5) is 19.6. The maximum absolute atomic E-state index is 12.9. The summed E-state index contributed by atoms with van der Waals surface area (Å²) in [6.45, 7) is 3.84. The number of carbonyl (C=O) groups is 1. The van der Waals surface area contributed by atoms with E-state index in [1.54, 1.807) is 41.8 Å². The van der Waals surface area contributed by atoms with Crippen molar-refractivity contribution in [2.75, 3.05) is 18.0 Å². The van der Waals surface area contributed by atoms with Crippen LogP contribution in [-0.2, 0) is 12.7 Å². The largest absolute Gasteiger partial charge is 0.416 e. The number of piperidine rings is 1. The number of carbonyl (C=O) groups excluding carboxylic acids is 1. The second-order valence-corrected chi connectivity index (χ2v) is 9.79. The van der Waals surface area contributed by atoms with Gasteiger partial charge in [-0.2, -0.15) is 13.2 Å². The van der Waals surface area contributed by atoms with Crippen LogP contribution in [0.1, 0.15) is 51.6 Å². The normalized spacial score (nSPS) is 14.8. The van der Waals surface area contributed by atoms with Crippen LogP contribution in [0.4, 0.5) is 18.9 Å². The molecule has 5 rings (SSSR count). The Morgan fingerprint density at radius 2 is 1.70 bits per heavy atom. The monoisotopic (exact) mass is 526 g/mol. The zero-order valence-electron chi connectivity index (χ0n) is 20.2. The van der Waals surface area contributed by atoms with Crippen LogP contribution >= 0.6 is 11.6 Å². The lowest BCUT2D eigenvalue weighted by Crippen LogP contribution is -2.32. The molecule has 0 aliphatic carbocycles. The van der Waals surface area contributed by atoms with E-state index in [2.05, 4.69) is 15.2 Å². The van der Waals surface area contributed by atoms with Gasteiger partial charge >= 0.3 is 6.18 Å². The number of pyridine rings is 1. The molecule has 1 N–H and O–H groups in total. The zero-order chi connectivity index (χ0) is 26.2. The molecule has 9 heteroatoms. The van der Waals surface area contributed by atoms with Crippen LogP contribution in [0.2, 0.25) is 5.02 Å². The molecule has 0 unspecified atom stereocenters. The number of benzene rings is 2. The number of imidazole rings is 1. The third-order valence-electron chi connectivity index (χ3n) is 6.93. The molecule has 3 heterocycles. The van der Waals surface area contributed by atoms with E-state index in [1.807, 2.05) is 24.3 Å². The van der Waals surface area contributed by atoms with Gasteiger partial charge in [0.05, 0.1) is 16.3 Å². The Morgan fingerprint density at radius 3 is 2.35 bits per heavy atom. The standard InChI is InChI=1S/C28H26ClF3N4O/c1-18-26(36-17-23(29)8-11-25(36)34-18)27(37)33-16-19-2-9-24(10-3-19)35-14-12-21(13-15-35)20-4-6-22(7-5-20)28(30,31)32/h2-11,17,21H,12-16H2,1H3,(H,33,37). The summed E-state index contributed by atoms with van der Waals surface area (Å²) >= 11 is 6.09. The van der Waals surface area contributed by atoms with Gasteiger partial charge in [-0.15, -0.1) is 0 Å². The highest BCUT2D eigenvalue weighted by Gasteiger charge is 2.30. The van der Waals surface area contributed by atoms with Gasteiger partial charge < -0.3 is 10.2 Å². The highest BCUT2D eigenvalue weighted by atomic mass is 35.5. The summed E-state index contributed by atoms with van der Waals surface area (Å²) in [7, 11) is 0. The van der Waals surface area contributed by atoms with E-state index in [0.717, 1.165) is 42.7 Å². The molecule has 0 saturated carbocycles. The summed E-state index contributed by atoms with van der Waals surface area (Å²) in [6.07, 6.45) is -0.864. The van der Waals surface area contributed by atoms with Gasteiger partial charge in [-0.25, -0.2) is 4.98 Å². The maximum Gasteiger partial charge on any atom is 0.416 e. The molecule has 2 aromatic carbocycles. The topological polar surface area (TPSA) is 49.6 Å². The summed E-state index contributed by atoms with van der Waals surface area (Å²) in [5, 5.41) is 3.49. The van der Waals surface area contributed by atoms with Crippen molar-refractivity contribution < 1.29 is 18.0 Å². The number of fused-ring (bicyclic) bond motifs is 1. The fourth-order valence-corrected chi connectivity index (χ4v) is 5.08. The molecule has 2 aromatic heterocycles. The molecule has 0 spiro atoms. The maximum atomic E-state index is 12.9. The SMILES string of the molecule is Cc1nc2ccc(Cl)cn2c1C(=O)NCc1ccc(N2CCC(c3ccc(C(F)(F)F)cc3)CC2)cc1. The van der Waals surface area contributed by atoms with Crippen LogP contribution in [0.15, 0.2) is 66.9 Å². The number of hydrogen-bond donors (Lipinski definition) is 1. The zero-order valence-corrected chi connectivity index (χ0v) is 21.0. The van der Waals surface area contributed by atoms with Crippen molar-refractivity contribution in [2.45, 2.75) is 38.4 Å². The number of aromatic nitrogens is 2. The molecule has 1 aliphatic rings. The Balaban J connectivity index is 1.16. The molecular weight excluding hydrogens is 501 g/mol. The molecular formula is C28H26ClF3N4O. The fraction of sp³-hybridized carbons (Fsp3) is 0.286. The van der Waals surface area contributed by atoms with Gasteiger partial charge in [-0.1, -0.05) is 35.9 Å². The van der Waals surface area contributed by atoms with Gasteiger partial charge in [0.1, 0.15) is 11.3 Å². The Bertz CT molecular complexity index is 1410. The average Bonchev–Trinajstić information content (AvgIpc) is 3.22. The molecule has 1 saturated heterocycles. The number of rotatable bonds is 5. The Hall–Kier alpha value is -3.52. The van der Waals surface area contributed by atoms with E-state index >= 15 is 0 Å². The molecule has 5 nitrogen and oxygen atoms in total. The molecule has 1 amide bonds. The van der Waals surface area contributed by atoms with Crippen molar-refractivity contribution in [3.05, 3.63) is 100.0 Å². The van der Waals surface area contributed by atoms with Gasteiger partial charge in [0.25, 0.3) is 5.91 Å². The first-order valence-corrected chi connectivity index (χ1v) is 12.5. The number of alkyl halides is 3. The lowest BCUT2D eigenvalue weighted by Gasteiger charge is -2.34. The quantitative estimate of drug-likeness (QED) is 0.317. The van der Waals surface area contributed by atoms with E-state index in [4.69, 9.17) is 11.6 Å². The number of amides is 1. The molecule has 1 aliphatic heterocycles. The van der Waals surface area contributed by atoms with Crippen LogP contribution in [-0.4, -0.2) is 28.4 Å². The van der Waals surface area contributed by atoms with Gasteiger partial charge in [0.15, 0.2) is 0 Å². The predicted octanol–water partition coefficient (Wildman–Crippen LogP) is 6.63. The van der Waals surface area contributed by atoms with Crippen molar-refractivity contribution in [1.82, 2.24) is 14.7 Å². The third-order valence-corrected chi connectivity index (χ3v) is 7.15. The van der Waals surface area contributed by atoms with Crippen molar-refractivity contribution in [1.29, 1.82) is 0 Å². The lowest BCUT2D eigenvalue weighted by molar-refractivity contribution is -0.137. The molecule has 0 atom stereocenters.